The fourth-order valence-electron chi connectivity index (χ4n) is 3.63. The topological polar surface area (TPSA) is 21.3 Å². The second-order valence-electron chi connectivity index (χ2n) is 6.28. The van der Waals surface area contributed by atoms with Gasteiger partial charge in [-0.2, -0.15) is 0 Å². The van der Waals surface area contributed by atoms with Crippen molar-refractivity contribution in [3.8, 4) is 0 Å². The number of rotatable bonds is 4. The Balaban J connectivity index is 1.79. The second-order valence-corrected chi connectivity index (χ2v) is 8.68. The molecule has 2 nitrogen and oxygen atoms in total. The Hall–Kier alpha value is 0.1000. The molecule has 1 aliphatic carbocycles. The molecule has 2 atom stereocenters. The lowest BCUT2D eigenvalue weighted by molar-refractivity contribution is -0.147. The Bertz CT molecular complexity index is 450. The highest BCUT2D eigenvalue weighted by Crippen LogP contribution is 2.48. The third-order valence-electron chi connectivity index (χ3n) is 4.87. The quantitative estimate of drug-likeness (QED) is 0.833. The van der Waals surface area contributed by atoms with E-state index in [1.54, 1.807) is 0 Å². The van der Waals surface area contributed by atoms with Crippen LogP contribution in [0.2, 0.25) is 0 Å². The molecule has 0 amide bonds. The van der Waals surface area contributed by atoms with Crippen LogP contribution in [-0.4, -0.2) is 18.8 Å². The van der Waals surface area contributed by atoms with Gasteiger partial charge in [0.25, 0.3) is 0 Å². The van der Waals surface area contributed by atoms with Gasteiger partial charge in [0.15, 0.2) is 0 Å². The molecule has 1 aromatic heterocycles. The predicted molar refractivity (Wildman–Crippen MR) is 88.4 cm³/mol. The molecule has 112 valence electrons. The van der Waals surface area contributed by atoms with Gasteiger partial charge < -0.3 is 10.1 Å². The summed E-state index contributed by atoms with van der Waals surface area (Å²) in [4.78, 5) is 1.48. The SMILES string of the molecule is CCNC(c1cc(C)c(Br)s1)C1CCOC2(CCC2)C1. The molecule has 2 fully saturated rings. The van der Waals surface area contributed by atoms with Crippen molar-refractivity contribution >= 4 is 27.3 Å². The van der Waals surface area contributed by atoms with Gasteiger partial charge in [0, 0.05) is 17.5 Å². The van der Waals surface area contributed by atoms with Crippen molar-refractivity contribution in [2.75, 3.05) is 13.2 Å². The maximum absolute atomic E-state index is 6.09. The average Bonchev–Trinajstić information content (AvgIpc) is 2.74. The van der Waals surface area contributed by atoms with E-state index in [9.17, 15) is 0 Å². The first-order valence-electron chi connectivity index (χ1n) is 7.77. The molecule has 1 saturated heterocycles. The van der Waals surface area contributed by atoms with Crippen LogP contribution in [0.25, 0.3) is 0 Å². The largest absolute Gasteiger partial charge is 0.375 e. The van der Waals surface area contributed by atoms with Gasteiger partial charge in [-0.25, -0.2) is 0 Å². The van der Waals surface area contributed by atoms with E-state index in [1.807, 2.05) is 11.3 Å². The Kier molecular flexibility index (Phi) is 4.56. The molecular weight excluding hydrogens is 334 g/mol. The monoisotopic (exact) mass is 357 g/mol. The zero-order valence-electron chi connectivity index (χ0n) is 12.4. The molecule has 1 aromatic rings. The van der Waals surface area contributed by atoms with Crippen LogP contribution >= 0.6 is 27.3 Å². The van der Waals surface area contributed by atoms with Crippen LogP contribution < -0.4 is 5.32 Å². The van der Waals surface area contributed by atoms with Crippen LogP contribution in [0.1, 0.15) is 55.5 Å². The van der Waals surface area contributed by atoms with Crippen LogP contribution in [0.15, 0.2) is 9.85 Å². The highest BCUT2D eigenvalue weighted by atomic mass is 79.9. The molecule has 2 aliphatic rings. The molecular formula is C16H24BrNOS. The second kappa shape index (κ2) is 6.07. The molecule has 1 N–H and O–H groups in total. The number of ether oxygens (including phenoxy) is 1. The van der Waals surface area contributed by atoms with Gasteiger partial charge in [-0.05, 0) is 79.1 Å². The van der Waals surface area contributed by atoms with Gasteiger partial charge in [-0.15, -0.1) is 11.3 Å². The number of halogens is 1. The average molecular weight is 358 g/mol. The Labute approximate surface area is 134 Å². The lowest BCUT2D eigenvalue weighted by atomic mass is 9.70. The smallest absolute Gasteiger partial charge is 0.0731 e. The predicted octanol–water partition coefficient (Wildman–Crippen LogP) is 4.82. The van der Waals surface area contributed by atoms with E-state index >= 15 is 0 Å². The first-order valence-corrected chi connectivity index (χ1v) is 9.38. The van der Waals surface area contributed by atoms with Crippen LogP contribution in [0.3, 0.4) is 0 Å². The van der Waals surface area contributed by atoms with E-state index in [2.05, 4.69) is 41.2 Å². The van der Waals surface area contributed by atoms with Crippen molar-refractivity contribution in [2.45, 2.75) is 57.6 Å². The third kappa shape index (κ3) is 2.85. The summed E-state index contributed by atoms with van der Waals surface area (Å²) in [5.74, 6) is 0.717. The molecule has 1 spiro atoms. The molecule has 4 heteroatoms. The highest BCUT2D eigenvalue weighted by Gasteiger charge is 2.44. The molecule has 0 aromatic carbocycles. The van der Waals surface area contributed by atoms with Gasteiger partial charge >= 0.3 is 0 Å². The third-order valence-corrected chi connectivity index (χ3v) is 7.09. The van der Waals surface area contributed by atoms with E-state index in [0.717, 1.165) is 13.2 Å². The van der Waals surface area contributed by atoms with E-state index in [0.29, 0.717) is 12.0 Å². The first-order chi connectivity index (χ1) is 9.63. The summed E-state index contributed by atoms with van der Waals surface area (Å²) in [6, 6.07) is 2.85. The Morgan fingerprint density at radius 3 is 2.90 bits per heavy atom. The summed E-state index contributed by atoms with van der Waals surface area (Å²) in [7, 11) is 0. The fourth-order valence-corrected chi connectivity index (χ4v) is 5.37. The molecule has 2 heterocycles. The first kappa shape index (κ1) is 15.0. The maximum atomic E-state index is 6.09. The van der Waals surface area contributed by atoms with Crippen molar-refractivity contribution in [1.29, 1.82) is 0 Å². The lowest BCUT2D eigenvalue weighted by Crippen LogP contribution is -2.47. The van der Waals surface area contributed by atoms with Gasteiger partial charge in [0.1, 0.15) is 0 Å². The standard InChI is InChI=1S/C16H24BrNOS/c1-3-18-14(13-9-11(2)15(17)20-13)12-5-8-19-16(10-12)6-4-7-16/h9,12,14,18H,3-8,10H2,1-2H3. The van der Waals surface area contributed by atoms with E-state index in [-0.39, 0.29) is 5.60 Å². The minimum absolute atomic E-state index is 0.236. The molecule has 2 unspecified atom stereocenters. The minimum Gasteiger partial charge on any atom is -0.375 e. The van der Waals surface area contributed by atoms with Crippen LogP contribution in [0, 0.1) is 12.8 Å². The zero-order valence-corrected chi connectivity index (χ0v) is 14.8. The van der Waals surface area contributed by atoms with Gasteiger partial charge in [0.05, 0.1) is 9.39 Å². The summed E-state index contributed by atoms with van der Waals surface area (Å²) in [5, 5.41) is 3.73. The van der Waals surface area contributed by atoms with Crippen molar-refractivity contribution in [3.05, 3.63) is 20.3 Å². The molecule has 0 radical (unpaired) electrons. The highest BCUT2D eigenvalue weighted by molar-refractivity contribution is 9.11. The molecule has 0 bridgehead atoms. The van der Waals surface area contributed by atoms with Crippen molar-refractivity contribution in [2.24, 2.45) is 5.92 Å². The van der Waals surface area contributed by atoms with Crippen LogP contribution in [-0.2, 0) is 4.74 Å². The number of hydrogen-bond acceptors (Lipinski definition) is 3. The van der Waals surface area contributed by atoms with Crippen molar-refractivity contribution in [1.82, 2.24) is 5.32 Å². The lowest BCUT2D eigenvalue weighted by Gasteiger charge is -2.48. The molecule has 1 aliphatic heterocycles. The summed E-state index contributed by atoms with van der Waals surface area (Å²) < 4.78 is 7.37. The van der Waals surface area contributed by atoms with Gasteiger partial charge in [0.2, 0.25) is 0 Å². The minimum atomic E-state index is 0.236. The Morgan fingerprint density at radius 1 is 1.55 bits per heavy atom. The van der Waals surface area contributed by atoms with E-state index in [4.69, 9.17) is 4.74 Å². The number of nitrogens with one attached hydrogen (secondary N) is 1. The number of thiophene rings is 1. The normalized spacial score (nSPS) is 26.4. The summed E-state index contributed by atoms with van der Waals surface area (Å²) in [6.07, 6.45) is 6.32. The molecule has 20 heavy (non-hydrogen) atoms. The number of aryl methyl sites for hydroxylation is 1. The van der Waals surface area contributed by atoms with Gasteiger partial charge in [-0.1, -0.05) is 6.92 Å². The van der Waals surface area contributed by atoms with Crippen molar-refractivity contribution in [3.63, 3.8) is 0 Å². The molecule has 3 rings (SSSR count). The van der Waals surface area contributed by atoms with Crippen LogP contribution in [0.5, 0.6) is 0 Å². The van der Waals surface area contributed by atoms with E-state index in [1.165, 1.54) is 46.3 Å². The molecule has 1 saturated carbocycles. The maximum Gasteiger partial charge on any atom is 0.0731 e. The summed E-state index contributed by atoms with van der Waals surface area (Å²) in [5.41, 5.74) is 1.60. The van der Waals surface area contributed by atoms with Crippen LogP contribution in [0.4, 0.5) is 0 Å². The van der Waals surface area contributed by atoms with Gasteiger partial charge in [-0.3, -0.25) is 0 Å². The Morgan fingerprint density at radius 2 is 2.35 bits per heavy atom. The van der Waals surface area contributed by atoms with E-state index < -0.39 is 0 Å². The number of hydrogen-bond donors (Lipinski definition) is 1. The summed E-state index contributed by atoms with van der Waals surface area (Å²) >= 11 is 5.57. The summed E-state index contributed by atoms with van der Waals surface area (Å²) in [6.45, 7) is 6.37. The van der Waals surface area contributed by atoms with Crippen molar-refractivity contribution < 1.29 is 4.74 Å². The zero-order chi connectivity index (χ0) is 14.2. The fraction of sp³-hybridized carbons (Fsp3) is 0.750.